The molecule has 1 aromatic heterocycles. The summed E-state index contributed by atoms with van der Waals surface area (Å²) in [6.45, 7) is 8.00. The van der Waals surface area contributed by atoms with Crippen molar-refractivity contribution in [3.8, 4) is 5.75 Å². The molecule has 0 aliphatic carbocycles. The number of likely N-dealkylation sites (tertiary alicyclic amines) is 1. The van der Waals surface area contributed by atoms with Crippen molar-refractivity contribution in [2.24, 2.45) is 0 Å². The third-order valence-corrected chi connectivity index (χ3v) is 6.40. The minimum atomic E-state index is -1.33. The molecule has 1 aromatic carbocycles. The number of nitrogens with one attached hydrogen (secondary N) is 1. The Kier molecular flexibility index (Phi) is 6.67. The van der Waals surface area contributed by atoms with Crippen LogP contribution < -0.4 is 5.32 Å². The van der Waals surface area contributed by atoms with Gasteiger partial charge in [0.15, 0.2) is 0 Å². The minimum absolute atomic E-state index is 0.120. The lowest BCUT2D eigenvalue weighted by Crippen LogP contribution is -2.54. The van der Waals surface area contributed by atoms with E-state index in [2.05, 4.69) is 22.0 Å². The van der Waals surface area contributed by atoms with Gasteiger partial charge in [0.2, 0.25) is 0 Å². The molecule has 0 spiro atoms. The van der Waals surface area contributed by atoms with Gasteiger partial charge < -0.3 is 10.4 Å². The van der Waals surface area contributed by atoms with Crippen LogP contribution in [-0.4, -0.2) is 70.5 Å². The molecule has 7 heteroatoms. The Morgan fingerprint density at radius 1 is 1.22 bits per heavy atom. The SMILES string of the molecule is C[C@@H]1Cc2cc(O)ccc2[C@@H](c2ccc(NC3CN(CCCF)C3)cn2)N1CC(C)(C)F. The lowest BCUT2D eigenvalue weighted by atomic mass is 9.86. The third kappa shape index (κ3) is 5.21. The van der Waals surface area contributed by atoms with Crippen LogP contribution in [0.1, 0.15) is 50.1 Å². The summed E-state index contributed by atoms with van der Waals surface area (Å²) in [5, 5.41) is 13.5. The summed E-state index contributed by atoms with van der Waals surface area (Å²) in [6.07, 6.45) is 3.20. The van der Waals surface area contributed by atoms with Crippen LogP contribution >= 0.6 is 0 Å². The highest BCUT2D eigenvalue weighted by Crippen LogP contribution is 2.39. The first-order valence-corrected chi connectivity index (χ1v) is 11.5. The van der Waals surface area contributed by atoms with Gasteiger partial charge in [-0.05, 0) is 69.0 Å². The molecular formula is C25H34F2N4O. The number of halogens is 2. The van der Waals surface area contributed by atoms with Gasteiger partial charge >= 0.3 is 0 Å². The van der Waals surface area contributed by atoms with Gasteiger partial charge in [-0.3, -0.25) is 19.2 Å². The highest BCUT2D eigenvalue weighted by atomic mass is 19.1. The molecule has 4 rings (SSSR count). The molecule has 0 amide bonds. The Hall–Kier alpha value is -2.25. The summed E-state index contributed by atoms with van der Waals surface area (Å²) in [6, 6.07) is 9.80. The van der Waals surface area contributed by atoms with E-state index < -0.39 is 5.67 Å². The van der Waals surface area contributed by atoms with Gasteiger partial charge in [0, 0.05) is 32.2 Å². The summed E-state index contributed by atoms with van der Waals surface area (Å²) in [7, 11) is 0. The number of pyridine rings is 1. The Labute approximate surface area is 189 Å². The van der Waals surface area contributed by atoms with Crippen molar-refractivity contribution >= 4 is 5.69 Å². The highest BCUT2D eigenvalue weighted by molar-refractivity contribution is 5.46. The third-order valence-electron chi connectivity index (χ3n) is 6.40. The van der Waals surface area contributed by atoms with Gasteiger partial charge in [0.05, 0.1) is 36.3 Å². The number of alkyl halides is 2. The maximum atomic E-state index is 14.7. The Morgan fingerprint density at radius 3 is 2.66 bits per heavy atom. The fourth-order valence-corrected chi connectivity index (χ4v) is 4.93. The maximum Gasteiger partial charge on any atom is 0.118 e. The van der Waals surface area contributed by atoms with E-state index in [-0.39, 0.29) is 24.5 Å². The molecule has 0 saturated carbocycles. The number of phenolic OH excluding ortho intramolecular Hbond substituents is 1. The smallest absolute Gasteiger partial charge is 0.118 e. The Bertz CT molecular complexity index is 909. The second kappa shape index (κ2) is 9.32. The zero-order chi connectivity index (χ0) is 22.9. The topological polar surface area (TPSA) is 51.6 Å². The molecule has 3 heterocycles. The van der Waals surface area contributed by atoms with Gasteiger partial charge in [-0.25, -0.2) is 4.39 Å². The van der Waals surface area contributed by atoms with Crippen LogP contribution in [0.4, 0.5) is 14.5 Å². The number of fused-ring (bicyclic) bond motifs is 1. The molecule has 0 bridgehead atoms. The molecule has 1 fully saturated rings. The normalized spacial score (nSPS) is 22.4. The van der Waals surface area contributed by atoms with Crippen molar-refractivity contribution in [2.75, 3.05) is 38.2 Å². The number of benzene rings is 1. The van der Waals surface area contributed by atoms with Crippen LogP contribution in [0.15, 0.2) is 36.5 Å². The zero-order valence-corrected chi connectivity index (χ0v) is 19.2. The minimum Gasteiger partial charge on any atom is -0.508 e. The number of hydrogen-bond acceptors (Lipinski definition) is 5. The van der Waals surface area contributed by atoms with Gasteiger partial charge in [-0.15, -0.1) is 0 Å². The molecule has 5 nitrogen and oxygen atoms in total. The van der Waals surface area contributed by atoms with Crippen molar-refractivity contribution in [1.82, 2.24) is 14.8 Å². The van der Waals surface area contributed by atoms with E-state index in [0.29, 0.717) is 19.0 Å². The average molecular weight is 445 g/mol. The molecule has 1 saturated heterocycles. The van der Waals surface area contributed by atoms with E-state index in [9.17, 15) is 13.9 Å². The predicted molar refractivity (Wildman–Crippen MR) is 124 cm³/mol. The van der Waals surface area contributed by atoms with E-state index in [4.69, 9.17) is 4.98 Å². The van der Waals surface area contributed by atoms with Crippen molar-refractivity contribution in [1.29, 1.82) is 0 Å². The number of nitrogens with zero attached hydrogens (tertiary/aromatic N) is 3. The molecule has 0 radical (unpaired) electrons. The molecule has 0 unspecified atom stereocenters. The van der Waals surface area contributed by atoms with Gasteiger partial charge in [0.1, 0.15) is 11.4 Å². The molecular weight excluding hydrogens is 410 g/mol. The summed E-state index contributed by atoms with van der Waals surface area (Å²) >= 11 is 0. The lowest BCUT2D eigenvalue weighted by molar-refractivity contribution is 0.0663. The number of hydrogen-bond donors (Lipinski definition) is 2. The lowest BCUT2D eigenvalue weighted by Gasteiger charge is -2.43. The van der Waals surface area contributed by atoms with Gasteiger partial charge in [0.25, 0.3) is 0 Å². The highest BCUT2D eigenvalue weighted by Gasteiger charge is 2.37. The predicted octanol–water partition coefficient (Wildman–Crippen LogP) is 4.33. The van der Waals surface area contributed by atoms with E-state index in [1.165, 1.54) is 0 Å². The first-order valence-electron chi connectivity index (χ1n) is 11.5. The number of aromatic nitrogens is 1. The average Bonchev–Trinajstić information content (AvgIpc) is 2.70. The van der Waals surface area contributed by atoms with Crippen molar-refractivity contribution < 1.29 is 13.9 Å². The van der Waals surface area contributed by atoms with E-state index >= 15 is 0 Å². The second-order valence-electron chi connectivity index (χ2n) is 9.84. The van der Waals surface area contributed by atoms with Crippen molar-refractivity contribution in [3.05, 3.63) is 53.3 Å². The van der Waals surface area contributed by atoms with Crippen LogP contribution in [0.2, 0.25) is 0 Å². The number of aromatic hydroxyl groups is 1. The fraction of sp³-hybridized carbons (Fsp3) is 0.560. The molecule has 2 aliphatic rings. The number of anilines is 1. The summed E-state index contributed by atoms with van der Waals surface area (Å²) in [4.78, 5) is 9.19. The Balaban J connectivity index is 1.53. The van der Waals surface area contributed by atoms with Crippen LogP contribution in [-0.2, 0) is 6.42 Å². The maximum absolute atomic E-state index is 14.7. The molecule has 2 aliphatic heterocycles. The van der Waals surface area contributed by atoms with Crippen molar-refractivity contribution in [2.45, 2.75) is 57.4 Å². The van der Waals surface area contributed by atoms with E-state index in [0.717, 1.165) is 48.6 Å². The quantitative estimate of drug-likeness (QED) is 0.635. The number of phenols is 1. The number of rotatable bonds is 8. The molecule has 32 heavy (non-hydrogen) atoms. The zero-order valence-electron chi connectivity index (χ0n) is 19.2. The molecule has 2 N–H and O–H groups in total. The van der Waals surface area contributed by atoms with E-state index in [1.54, 1.807) is 19.9 Å². The first kappa shape index (κ1) is 22.9. The molecule has 174 valence electrons. The van der Waals surface area contributed by atoms with Crippen LogP contribution in [0, 0.1) is 0 Å². The Morgan fingerprint density at radius 2 is 2.00 bits per heavy atom. The monoisotopic (exact) mass is 444 g/mol. The first-order chi connectivity index (χ1) is 15.2. The van der Waals surface area contributed by atoms with Gasteiger partial charge in [-0.2, -0.15) is 0 Å². The van der Waals surface area contributed by atoms with Crippen LogP contribution in [0.3, 0.4) is 0 Å². The summed E-state index contributed by atoms with van der Waals surface area (Å²) < 4.78 is 27.0. The largest absolute Gasteiger partial charge is 0.508 e. The van der Waals surface area contributed by atoms with Crippen molar-refractivity contribution in [3.63, 3.8) is 0 Å². The van der Waals surface area contributed by atoms with Crippen LogP contribution in [0.25, 0.3) is 0 Å². The molecule has 2 aromatic rings. The van der Waals surface area contributed by atoms with Crippen LogP contribution in [0.5, 0.6) is 5.75 Å². The van der Waals surface area contributed by atoms with E-state index in [1.807, 2.05) is 30.5 Å². The molecule has 2 atom stereocenters. The standard InChI is InChI=1S/C25H34F2N4O/c1-17-11-18-12-21(32)6-7-22(18)24(31(17)16-25(2,3)27)23-8-5-19(13-28-23)29-20-14-30(15-20)10-4-9-26/h5-8,12-13,17,20,24,29,32H,4,9-11,14-16H2,1-3H3/t17-,24+/m1/s1. The second-order valence-corrected chi connectivity index (χ2v) is 9.84. The summed E-state index contributed by atoms with van der Waals surface area (Å²) in [5.74, 6) is 0.252. The van der Waals surface area contributed by atoms with Gasteiger partial charge in [-0.1, -0.05) is 6.07 Å². The summed E-state index contributed by atoms with van der Waals surface area (Å²) in [5.41, 5.74) is 2.65. The fourth-order valence-electron chi connectivity index (χ4n) is 4.93.